The van der Waals surface area contributed by atoms with E-state index in [1.54, 1.807) is 6.20 Å². The van der Waals surface area contributed by atoms with Gasteiger partial charge in [0.15, 0.2) is 0 Å². The molecule has 6 nitrogen and oxygen atoms in total. The van der Waals surface area contributed by atoms with Crippen LogP contribution in [0.25, 0.3) is 11.5 Å². The zero-order chi connectivity index (χ0) is 14.6. The molecule has 0 spiro atoms. The standard InChI is InChI=1S/C14H21N5O/c1-14(2,9-15)10-19(3)8-12-17-13(18-20-12)11-6-4-5-7-16-11/h4-7H,8-10,15H2,1-3H3. The number of aromatic nitrogens is 3. The summed E-state index contributed by atoms with van der Waals surface area (Å²) in [5.41, 5.74) is 6.53. The van der Waals surface area contributed by atoms with Crippen LogP contribution < -0.4 is 5.73 Å². The number of hydrogen-bond acceptors (Lipinski definition) is 6. The summed E-state index contributed by atoms with van der Waals surface area (Å²) in [6.45, 7) is 6.38. The lowest BCUT2D eigenvalue weighted by molar-refractivity contribution is 0.189. The molecule has 20 heavy (non-hydrogen) atoms. The summed E-state index contributed by atoms with van der Waals surface area (Å²) in [6.07, 6.45) is 1.71. The van der Waals surface area contributed by atoms with Gasteiger partial charge in [0.25, 0.3) is 0 Å². The topological polar surface area (TPSA) is 81.1 Å². The lowest BCUT2D eigenvalue weighted by Crippen LogP contribution is -2.36. The van der Waals surface area contributed by atoms with E-state index in [0.717, 1.165) is 6.54 Å². The molecule has 0 radical (unpaired) electrons. The summed E-state index contributed by atoms with van der Waals surface area (Å²) in [5.74, 6) is 1.10. The molecule has 0 aromatic carbocycles. The first kappa shape index (κ1) is 14.6. The molecule has 0 fully saturated rings. The van der Waals surface area contributed by atoms with E-state index in [9.17, 15) is 0 Å². The van der Waals surface area contributed by atoms with Crippen LogP contribution in [-0.4, -0.2) is 40.2 Å². The third-order valence-corrected chi connectivity index (χ3v) is 3.02. The Bertz CT molecular complexity index is 538. The van der Waals surface area contributed by atoms with E-state index >= 15 is 0 Å². The molecule has 0 aliphatic rings. The van der Waals surface area contributed by atoms with E-state index in [0.29, 0.717) is 30.5 Å². The highest BCUT2D eigenvalue weighted by molar-refractivity contribution is 5.46. The molecule has 2 N–H and O–H groups in total. The van der Waals surface area contributed by atoms with Gasteiger partial charge in [-0.15, -0.1) is 0 Å². The lowest BCUT2D eigenvalue weighted by atomic mass is 9.93. The Labute approximate surface area is 119 Å². The van der Waals surface area contributed by atoms with Crippen molar-refractivity contribution < 1.29 is 4.52 Å². The summed E-state index contributed by atoms with van der Waals surface area (Å²) >= 11 is 0. The first-order chi connectivity index (χ1) is 9.50. The van der Waals surface area contributed by atoms with Crippen molar-refractivity contribution in [2.45, 2.75) is 20.4 Å². The smallest absolute Gasteiger partial charge is 0.241 e. The first-order valence-electron chi connectivity index (χ1n) is 6.63. The number of rotatable bonds is 6. The maximum atomic E-state index is 5.74. The van der Waals surface area contributed by atoms with Crippen LogP contribution in [0.1, 0.15) is 19.7 Å². The molecule has 0 saturated carbocycles. The molecular formula is C14H21N5O. The van der Waals surface area contributed by atoms with Gasteiger partial charge in [0, 0.05) is 12.7 Å². The SMILES string of the molecule is CN(Cc1nc(-c2ccccn2)no1)CC(C)(C)CN. The van der Waals surface area contributed by atoms with E-state index < -0.39 is 0 Å². The fraction of sp³-hybridized carbons (Fsp3) is 0.500. The second kappa shape index (κ2) is 6.11. The van der Waals surface area contributed by atoms with Gasteiger partial charge in [-0.1, -0.05) is 25.1 Å². The molecule has 0 amide bonds. The minimum absolute atomic E-state index is 0.0680. The zero-order valence-electron chi connectivity index (χ0n) is 12.2. The molecule has 108 valence electrons. The monoisotopic (exact) mass is 275 g/mol. The average Bonchev–Trinajstić information content (AvgIpc) is 2.87. The van der Waals surface area contributed by atoms with Crippen LogP contribution in [-0.2, 0) is 6.54 Å². The molecule has 0 unspecified atom stereocenters. The second-order valence-corrected chi connectivity index (χ2v) is 5.77. The predicted molar refractivity (Wildman–Crippen MR) is 76.7 cm³/mol. The Morgan fingerprint density at radius 1 is 1.35 bits per heavy atom. The minimum Gasteiger partial charge on any atom is -0.337 e. The van der Waals surface area contributed by atoms with E-state index in [2.05, 4.69) is 33.9 Å². The van der Waals surface area contributed by atoms with Crippen LogP contribution in [0.3, 0.4) is 0 Å². The molecule has 2 aromatic rings. The van der Waals surface area contributed by atoms with Crippen LogP contribution in [0.15, 0.2) is 28.9 Å². The van der Waals surface area contributed by atoms with Gasteiger partial charge < -0.3 is 10.3 Å². The molecule has 0 aliphatic heterocycles. The Morgan fingerprint density at radius 3 is 2.80 bits per heavy atom. The van der Waals surface area contributed by atoms with Crippen LogP contribution in [0, 0.1) is 5.41 Å². The predicted octanol–water partition coefficient (Wildman–Crippen LogP) is 1.55. The second-order valence-electron chi connectivity index (χ2n) is 5.77. The maximum Gasteiger partial charge on any atom is 0.241 e. The van der Waals surface area contributed by atoms with Crippen molar-refractivity contribution in [3.63, 3.8) is 0 Å². The van der Waals surface area contributed by atoms with E-state index in [4.69, 9.17) is 10.3 Å². The van der Waals surface area contributed by atoms with Crippen molar-refractivity contribution in [3.8, 4) is 11.5 Å². The molecule has 0 atom stereocenters. The molecule has 2 aromatic heterocycles. The van der Waals surface area contributed by atoms with Crippen molar-refractivity contribution in [1.29, 1.82) is 0 Å². The van der Waals surface area contributed by atoms with Crippen LogP contribution in [0.5, 0.6) is 0 Å². The Morgan fingerprint density at radius 2 is 2.15 bits per heavy atom. The third-order valence-electron chi connectivity index (χ3n) is 3.02. The molecule has 0 bridgehead atoms. The largest absolute Gasteiger partial charge is 0.337 e. The average molecular weight is 275 g/mol. The van der Waals surface area contributed by atoms with Gasteiger partial charge in [0.1, 0.15) is 5.69 Å². The summed E-state index contributed by atoms with van der Waals surface area (Å²) in [7, 11) is 2.02. The Kier molecular flexibility index (Phi) is 4.46. The van der Waals surface area contributed by atoms with Crippen molar-refractivity contribution in [1.82, 2.24) is 20.0 Å². The van der Waals surface area contributed by atoms with Gasteiger partial charge in [-0.05, 0) is 31.1 Å². The van der Waals surface area contributed by atoms with Gasteiger partial charge in [-0.25, -0.2) is 0 Å². The van der Waals surface area contributed by atoms with Crippen molar-refractivity contribution in [2.75, 3.05) is 20.1 Å². The van der Waals surface area contributed by atoms with Crippen LogP contribution in [0.2, 0.25) is 0 Å². The highest BCUT2D eigenvalue weighted by Gasteiger charge is 2.19. The summed E-state index contributed by atoms with van der Waals surface area (Å²) < 4.78 is 5.26. The van der Waals surface area contributed by atoms with E-state index in [1.807, 2.05) is 25.2 Å². The number of nitrogens with zero attached hydrogens (tertiary/aromatic N) is 4. The van der Waals surface area contributed by atoms with E-state index in [1.165, 1.54) is 0 Å². The highest BCUT2D eigenvalue weighted by Crippen LogP contribution is 2.16. The highest BCUT2D eigenvalue weighted by atomic mass is 16.5. The fourth-order valence-corrected chi connectivity index (χ4v) is 2.00. The Balaban J connectivity index is 2.00. The normalized spacial score (nSPS) is 12.1. The Hall–Kier alpha value is -1.79. The fourth-order valence-electron chi connectivity index (χ4n) is 2.00. The number of pyridine rings is 1. The van der Waals surface area contributed by atoms with Gasteiger partial charge in [0.05, 0.1) is 6.54 Å². The zero-order valence-corrected chi connectivity index (χ0v) is 12.2. The van der Waals surface area contributed by atoms with Gasteiger partial charge in [-0.2, -0.15) is 4.98 Å². The summed E-state index contributed by atoms with van der Waals surface area (Å²) in [4.78, 5) is 10.7. The first-order valence-corrected chi connectivity index (χ1v) is 6.63. The summed E-state index contributed by atoms with van der Waals surface area (Å²) in [6, 6.07) is 5.61. The van der Waals surface area contributed by atoms with E-state index in [-0.39, 0.29) is 5.41 Å². The number of hydrogen-bond donors (Lipinski definition) is 1. The van der Waals surface area contributed by atoms with Crippen molar-refractivity contribution in [2.24, 2.45) is 11.1 Å². The molecule has 2 heterocycles. The quantitative estimate of drug-likeness (QED) is 0.861. The molecule has 0 saturated heterocycles. The lowest BCUT2D eigenvalue weighted by Gasteiger charge is -2.27. The van der Waals surface area contributed by atoms with Gasteiger partial charge >= 0.3 is 0 Å². The van der Waals surface area contributed by atoms with Crippen molar-refractivity contribution in [3.05, 3.63) is 30.3 Å². The van der Waals surface area contributed by atoms with Crippen LogP contribution in [0.4, 0.5) is 0 Å². The van der Waals surface area contributed by atoms with Gasteiger partial charge in [-0.3, -0.25) is 9.88 Å². The van der Waals surface area contributed by atoms with Crippen LogP contribution >= 0.6 is 0 Å². The minimum atomic E-state index is 0.0680. The summed E-state index contributed by atoms with van der Waals surface area (Å²) in [5, 5.41) is 3.96. The third kappa shape index (κ3) is 3.85. The maximum absolute atomic E-state index is 5.74. The molecule has 6 heteroatoms. The molecule has 2 rings (SSSR count). The van der Waals surface area contributed by atoms with Gasteiger partial charge in [0.2, 0.25) is 11.7 Å². The van der Waals surface area contributed by atoms with Crippen molar-refractivity contribution >= 4 is 0 Å². The molecule has 0 aliphatic carbocycles. The number of nitrogens with two attached hydrogens (primary N) is 1. The molecular weight excluding hydrogens is 254 g/mol.